The number of hydrogen-bond acceptors (Lipinski definition) is 7. The van der Waals surface area contributed by atoms with E-state index in [1.54, 1.807) is 51.1 Å². The second kappa shape index (κ2) is 9.45. The summed E-state index contributed by atoms with van der Waals surface area (Å²) in [7, 11) is 0. The van der Waals surface area contributed by atoms with E-state index in [4.69, 9.17) is 25.8 Å². The van der Waals surface area contributed by atoms with Crippen LogP contribution in [0, 0.1) is 5.92 Å². The Labute approximate surface area is 207 Å². The van der Waals surface area contributed by atoms with Crippen molar-refractivity contribution in [3.8, 4) is 11.5 Å². The Hall–Kier alpha value is -3.20. The van der Waals surface area contributed by atoms with Crippen LogP contribution in [0.1, 0.15) is 51.2 Å². The Kier molecular flexibility index (Phi) is 6.73. The van der Waals surface area contributed by atoms with Gasteiger partial charge in [0.05, 0.1) is 12.0 Å². The molecule has 0 bridgehead atoms. The fourth-order valence-corrected chi connectivity index (χ4v) is 4.38. The standard InChI is InChI=1S/C25H26ClFN2O6/c1-13(2)33-24(32)22-17(10-15-5-8-20(26)28-12-15)23(31)29(22)21(30)9-14(3)16-6-7-18-19(11-16)35-25(4,27)34-18/h5-8,11-14,17,22H,9-10H2,1-4H3/t14-,17+,22-,25?/m0/s1. The van der Waals surface area contributed by atoms with Gasteiger partial charge >= 0.3 is 12.0 Å². The summed E-state index contributed by atoms with van der Waals surface area (Å²) >= 11 is 5.83. The lowest BCUT2D eigenvalue weighted by atomic mass is 9.81. The SMILES string of the molecule is CC(C)OC(=O)[C@@H]1[C@@H](Cc2ccc(Cl)nc2)C(=O)N1C(=O)C[C@H](C)c1ccc2c(c1)OC(C)(F)O2. The van der Waals surface area contributed by atoms with Gasteiger partial charge in [-0.2, -0.15) is 4.39 Å². The molecular formula is C25H26ClFN2O6. The zero-order valence-corrected chi connectivity index (χ0v) is 20.5. The lowest BCUT2D eigenvalue weighted by Crippen LogP contribution is -2.67. The molecule has 4 atom stereocenters. The molecule has 2 amide bonds. The molecular weight excluding hydrogens is 479 g/mol. The third kappa shape index (κ3) is 5.24. The average molecular weight is 505 g/mol. The van der Waals surface area contributed by atoms with Crippen LogP contribution in [-0.4, -0.2) is 45.9 Å². The topological polar surface area (TPSA) is 95.0 Å². The van der Waals surface area contributed by atoms with Crippen LogP contribution in [0.3, 0.4) is 0 Å². The third-order valence-electron chi connectivity index (χ3n) is 5.92. The van der Waals surface area contributed by atoms with Crippen LogP contribution in [0.15, 0.2) is 36.5 Å². The van der Waals surface area contributed by atoms with Crippen molar-refractivity contribution in [3.63, 3.8) is 0 Å². The Bertz CT molecular complexity index is 1150. The van der Waals surface area contributed by atoms with Gasteiger partial charge in [-0.15, -0.1) is 0 Å². The number of amides is 2. The number of aromatic nitrogens is 1. The van der Waals surface area contributed by atoms with Crippen LogP contribution in [-0.2, 0) is 25.5 Å². The maximum atomic E-state index is 14.0. The highest BCUT2D eigenvalue weighted by Gasteiger charge is 2.55. The molecule has 1 fully saturated rings. The molecule has 4 rings (SSSR count). The Morgan fingerprint density at radius 3 is 2.57 bits per heavy atom. The molecule has 1 saturated heterocycles. The average Bonchev–Trinajstić information content (AvgIpc) is 3.08. The van der Waals surface area contributed by atoms with Gasteiger partial charge in [-0.1, -0.05) is 30.7 Å². The maximum Gasteiger partial charge on any atom is 0.404 e. The molecule has 2 aliphatic heterocycles. The first kappa shape index (κ1) is 24.9. The van der Waals surface area contributed by atoms with Crippen LogP contribution in [0.2, 0.25) is 5.15 Å². The van der Waals surface area contributed by atoms with E-state index in [9.17, 15) is 18.8 Å². The number of imide groups is 1. The van der Waals surface area contributed by atoms with Crippen molar-refractivity contribution < 1.29 is 33.0 Å². The summed E-state index contributed by atoms with van der Waals surface area (Å²) in [6, 6.07) is 4.94. The van der Waals surface area contributed by atoms with Crippen LogP contribution >= 0.6 is 11.6 Å². The molecule has 0 aliphatic carbocycles. The van der Waals surface area contributed by atoms with Crippen LogP contribution in [0.4, 0.5) is 4.39 Å². The number of rotatable bonds is 7. The van der Waals surface area contributed by atoms with Crippen LogP contribution in [0.5, 0.6) is 11.5 Å². The number of carbonyl (C=O) groups excluding carboxylic acids is 3. The Balaban J connectivity index is 1.49. The Morgan fingerprint density at radius 1 is 1.20 bits per heavy atom. The highest BCUT2D eigenvalue weighted by molar-refractivity contribution is 6.29. The van der Waals surface area contributed by atoms with E-state index in [2.05, 4.69) is 4.98 Å². The van der Waals surface area contributed by atoms with E-state index in [0.717, 1.165) is 17.4 Å². The zero-order valence-electron chi connectivity index (χ0n) is 19.8. The van der Waals surface area contributed by atoms with E-state index in [1.165, 1.54) is 6.20 Å². The van der Waals surface area contributed by atoms with E-state index < -0.39 is 41.9 Å². The van der Waals surface area contributed by atoms with Crippen molar-refractivity contribution in [2.45, 2.75) is 64.6 Å². The number of benzene rings is 1. The highest BCUT2D eigenvalue weighted by Crippen LogP contribution is 2.42. The second-order valence-corrected chi connectivity index (χ2v) is 9.57. The molecule has 0 N–H and O–H groups in total. The predicted octanol–water partition coefficient (Wildman–Crippen LogP) is 4.19. The second-order valence-electron chi connectivity index (χ2n) is 9.18. The van der Waals surface area contributed by atoms with Gasteiger partial charge in [0.25, 0.3) is 0 Å². The van der Waals surface area contributed by atoms with Gasteiger partial charge in [-0.3, -0.25) is 14.5 Å². The van der Waals surface area contributed by atoms with Gasteiger partial charge in [-0.05, 0) is 55.5 Å². The molecule has 2 aliphatic rings. The summed E-state index contributed by atoms with van der Waals surface area (Å²) in [5, 5.41) is 0.315. The highest BCUT2D eigenvalue weighted by atomic mass is 35.5. The first-order valence-electron chi connectivity index (χ1n) is 11.3. The van der Waals surface area contributed by atoms with Gasteiger partial charge in [0.15, 0.2) is 11.5 Å². The number of halogens is 2. The molecule has 1 unspecified atom stereocenters. The minimum atomic E-state index is -2.25. The predicted molar refractivity (Wildman–Crippen MR) is 124 cm³/mol. The number of carbonyl (C=O) groups is 3. The van der Waals surface area contributed by atoms with E-state index in [0.29, 0.717) is 10.7 Å². The fourth-order valence-electron chi connectivity index (χ4n) is 4.27. The molecule has 2 aromatic rings. The minimum Gasteiger partial charge on any atom is -0.461 e. The van der Waals surface area contributed by atoms with E-state index in [-0.39, 0.29) is 30.3 Å². The number of nitrogens with zero attached hydrogens (tertiary/aromatic N) is 2. The quantitative estimate of drug-likeness (QED) is 0.317. The number of fused-ring (bicyclic) bond motifs is 1. The minimum absolute atomic E-state index is 0.0427. The molecule has 10 heteroatoms. The summed E-state index contributed by atoms with van der Waals surface area (Å²) < 4.78 is 29.5. The first-order valence-corrected chi connectivity index (χ1v) is 11.7. The van der Waals surface area contributed by atoms with Gasteiger partial charge in [-0.25, -0.2) is 9.78 Å². The van der Waals surface area contributed by atoms with Crippen molar-refractivity contribution >= 4 is 29.4 Å². The molecule has 3 heterocycles. The van der Waals surface area contributed by atoms with Crippen molar-refractivity contribution in [1.29, 1.82) is 0 Å². The number of ether oxygens (including phenoxy) is 3. The molecule has 0 radical (unpaired) electrons. The lowest BCUT2D eigenvalue weighted by molar-refractivity contribution is -0.181. The summed E-state index contributed by atoms with van der Waals surface area (Å²) in [6.07, 6.45) is 1.32. The number of esters is 1. The van der Waals surface area contributed by atoms with Gasteiger partial charge in [0, 0.05) is 19.5 Å². The normalized spacial score (nSPS) is 23.7. The zero-order chi connectivity index (χ0) is 25.5. The monoisotopic (exact) mass is 504 g/mol. The third-order valence-corrected chi connectivity index (χ3v) is 6.15. The Morgan fingerprint density at radius 2 is 1.91 bits per heavy atom. The number of hydrogen-bond donors (Lipinski definition) is 0. The summed E-state index contributed by atoms with van der Waals surface area (Å²) in [5.41, 5.74) is 1.42. The molecule has 1 aromatic carbocycles. The number of likely N-dealkylation sites (tertiary alicyclic amines) is 1. The smallest absolute Gasteiger partial charge is 0.404 e. The summed E-state index contributed by atoms with van der Waals surface area (Å²) in [5.74, 6) is -2.13. The maximum absolute atomic E-state index is 14.0. The molecule has 186 valence electrons. The van der Waals surface area contributed by atoms with Crippen molar-refractivity contribution in [2.75, 3.05) is 0 Å². The van der Waals surface area contributed by atoms with Crippen molar-refractivity contribution in [2.24, 2.45) is 5.92 Å². The summed E-state index contributed by atoms with van der Waals surface area (Å²) in [4.78, 5) is 44.0. The molecule has 35 heavy (non-hydrogen) atoms. The lowest BCUT2D eigenvalue weighted by Gasteiger charge is -2.44. The number of alkyl halides is 1. The van der Waals surface area contributed by atoms with Crippen LogP contribution < -0.4 is 9.47 Å². The fraction of sp³-hybridized carbons (Fsp3) is 0.440. The molecule has 1 aromatic heterocycles. The van der Waals surface area contributed by atoms with Gasteiger partial charge in [0.2, 0.25) is 11.8 Å². The number of pyridine rings is 1. The molecule has 8 nitrogen and oxygen atoms in total. The van der Waals surface area contributed by atoms with E-state index in [1.807, 2.05) is 0 Å². The molecule has 0 saturated carbocycles. The van der Waals surface area contributed by atoms with E-state index >= 15 is 0 Å². The van der Waals surface area contributed by atoms with Gasteiger partial charge in [0.1, 0.15) is 11.2 Å². The van der Waals surface area contributed by atoms with Crippen molar-refractivity contribution in [3.05, 3.63) is 52.8 Å². The number of β-lactam (4-membered cyclic amide) rings is 1. The molecule has 0 spiro atoms. The van der Waals surface area contributed by atoms with Crippen molar-refractivity contribution in [1.82, 2.24) is 9.88 Å². The van der Waals surface area contributed by atoms with Crippen LogP contribution in [0.25, 0.3) is 0 Å². The first-order chi connectivity index (χ1) is 16.4. The van der Waals surface area contributed by atoms with Gasteiger partial charge < -0.3 is 14.2 Å². The summed E-state index contributed by atoms with van der Waals surface area (Å²) in [6.45, 7) is 6.36. The largest absolute Gasteiger partial charge is 0.461 e.